The van der Waals surface area contributed by atoms with Gasteiger partial charge in [0.05, 0.1) is 5.52 Å². The lowest BCUT2D eigenvalue weighted by Crippen LogP contribution is -2.43. The van der Waals surface area contributed by atoms with Gasteiger partial charge in [0.2, 0.25) is 5.88 Å². The minimum absolute atomic E-state index is 0.00537. The van der Waals surface area contributed by atoms with Crippen molar-refractivity contribution in [1.29, 1.82) is 0 Å². The summed E-state index contributed by atoms with van der Waals surface area (Å²) in [6, 6.07) is 20.7. The molecule has 8 nitrogen and oxygen atoms in total. The second-order valence-corrected chi connectivity index (χ2v) is 11.7. The number of halogens is 1. The van der Waals surface area contributed by atoms with Crippen LogP contribution in [-0.4, -0.2) is 63.3 Å². The Morgan fingerprint density at radius 1 is 0.930 bits per heavy atom. The van der Waals surface area contributed by atoms with Crippen LogP contribution in [0.2, 0.25) is 5.02 Å². The molecule has 1 saturated heterocycles. The van der Waals surface area contributed by atoms with Gasteiger partial charge in [-0.25, -0.2) is 4.98 Å². The Balaban J connectivity index is 1.22. The van der Waals surface area contributed by atoms with Gasteiger partial charge in [0, 0.05) is 74.2 Å². The van der Waals surface area contributed by atoms with Gasteiger partial charge in [-0.3, -0.25) is 9.69 Å². The van der Waals surface area contributed by atoms with Gasteiger partial charge < -0.3 is 19.9 Å². The summed E-state index contributed by atoms with van der Waals surface area (Å²) in [5.74, 6) is 1.49. The van der Waals surface area contributed by atoms with E-state index in [2.05, 4.69) is 29.8 Å². The van der Waals surface area contributed by atoms with Crippen LogP contribution in [0.3, 0.4) is 0 Å². The summed E-state index contributed by atoms with van der Waals surface area (Å²) in [6.07, 6.45) is 2.08. The molecule has 43 heavy (non-hydrogen) atoms. The van der Waals surface area contributed by atoms with Crippen molar-refractivity contribution >= 4 is 34.1 Å². The number of nitrogen functional groups attached to an aromatic ring is 1. The van der Waals surface area contributed by atoms with E-state index in [0.717, 1.165) is 54.9 Å². The number of aryl methyl sites for hydroxylation is 2. The van der Waals surface area contributed by atoms with E-state index in [4.69, 9.17) is 32.0 Å². The summed E-state index contributed by atoms with van der Waals surface area (Å²) < 4.78 is 8.26. The summed E-state index contributed by atoms with van der Waals surface area (Å²) >= 11 is 6.57. The van der Waals surface area contributed by atoms with Crippen LogP contribution in [0.1, 0.15) is 27.0 Å². The van der Waals surface area contributed by atoms with Crippen molar-refractivity contribution in [2.75, 3.05) is 39.0 Å². The molecular weight excluding hydrogens is 560 g/mol. The van der Waals surface area contributed by atoms with Gasteiger partial charge in [0.25, 0.3) is 0 Å². The first-order chi connectivity index (χ1) is 20.7. The molecular formula is C34H35ClN6O2. The lowest BCUT2D eigenvalue weighted by molar-refractivity contribution is 0.0993. The summed E-state index contributed by atoms with van der Waals surface area (Å²) in [6.45, 7) is 7.25. The second kappa shape index (κ2) is 12.2. The van der Waals surface area contributed by atoms with Crippen LogP contribution in [0, 0.1) is 6.92 Å². The molecule has 3 heterocycles. The summed E-state index contributed by atoms with van der Waals surface area (Å²) in [4.78, 5) is 27.7. The number of fused-ring (bicyclic) bond motifs is 1. The van der Waals surface area contributed by atoms with Gasteiger partial charge in [-0.05, 0) is 85.3 Å². The first kappa shape index (κ1) is 28.9. The highest BCUT2D eigenvalue weighted by molar-refractivity contribution is 6.31. The number of carbonyl (C=O) groups excluding carboxylic acids is 1. The molecule has 1 aliphatic heterocycles. The highest BCUT2D eigenvalue weighted by Crippen LogP contribution is 2.33. The molecule has 0 amide bonds. The van der Waals surface area contributed by atoms with Crippen molar-refractivity contribution in [3.05, 3.63) is 100 Å². The highest BCUT2D eigenvalue weighted by Gasteiger charge is 2.18. The number of aromatic nitrogens is 3. The van der Waals surface area contributed by atoms with Crippen LogP contribution >= 0.6 is 11.6 Å². The number of nitrogens with two attached hydrogens (primary N) is 1. The predicted molar refractivity (Wildman–Crippen MR) is 172 cm³/mol. The van der Waals surface area contributed by atoms with Crippen LogP contribution < -0.4 is 10.5 Å². The van der Waals surface area contributed by atoms with E-state index in [-0.39, 0.29) is 12.2 Å². The van der Waals surface area contributed by atoms with Crippen molar-refractivity contribution in [2.45, 2.75) is 19.9 Å². The number of hydrogen-bond acceptors (Lipinski definition) is 7. The zero-order chi connectivity index (χ0) is 30.1. The van der Waals surface area contributed by atoms with E-state index >= 15 is 0 Å². The van der Waals surface area contributed by atoms with Gasteiger partial charge >= 0.3 is 0 Å². The van der Waals surface area contributed by atoms with Crippen LogP contribution in [0.4, 0.5) is 5.69 Å². The number of rotatable bonds is 8. The molecule has 220 valence electrons. The molecule has 1 fully saturated rings. The lowest BCUT2D eigenvalue weighted by atomic mass is 9.98. The van der Waals surface area contributed by atoms with Crippen LogP contribution in [0.15, 0.2) is 72.9 Å². The molecule has 2 N–H and O–H groups in total. The molecule has 0 spiro atoms. The molecule has 0 saturated carbocycles. The largest absolute Gasteiger partial charge is 0.437 e. The number of nitrogens with zero attached hydrogens (tertiary/aromatic N) is 5. The molecule has 2 aromatic heterocycles. The van der Waals surface area contributed by atoms with E-state index in [9.17, 15) is 4.79 Å². The summed E-state index contributed by atoms with van der Waals surface area (Å²) in [5, 5.41) is 0.512. The zero-order valence-electron chi connectivity index (χ0n) is 24.7. The second-order valence-electron chi connectivity index (χ2n) is 11.3. The topological polar surface area (TPSA) is 89.5 Å². The van der Waals surface area contributed by atoms with Gasteiger partial charge in [-0.1, -0.05) is 23.7 Å². The number of Topliss-reactive ketones (excluding diaryl/α,β-unsaturated/α-hetero) is 1. The standard InChI is InChI=1S/C34H35ClN6O2/c1-22-18-24(4-5-25(22)21-41-16-14-39(2)15-17-41)31(42)20-26-19-28(10-11-29(26)35)43-34-32-30(12-13-40(32)3)37-33(38-34)23-6-8-27(36)9-7-23/h4-13,18-19H,14-17,20-21,36H2,1-3H3. The Labute approximate surface area is 256 Å². The van der Waals surface area contributed by atoms with Crippen molar-refractivity contribution in [3.63, 3.8) is 0 Å². The molecule has 5 aromatic rings. The normalized spacial score (nSPS) is 14.3. The van der Waals surface area contributed by atoms with Gasteiger partial charge in [-0.2, -0.15) is 4.98 Å². The Kier molecular flexibility index (Phi) is 8.17. The number of ketones is 1. The predicted octanol–water partition coefficient (Wildman–Crippen LogP) is 6.14. The molecule has 0 bridgehead atoms. The number of ether oxygens (including phenoxy) is 1. The maximum absolute atomic E-state index is 13.4. The maximum Gasteiger partial charge on any atom is 0.247 e. The third-order valence-corrected chi connectivity index (χ3v) is 8.46. The number of carbonyl (C=O) groups is 1. The molecule has 0 unspecified atom stereocenters. The number of benzene rings is 3. The number of hydrogen-bond donors (Lipinski definition) is 1. The molecule has 0 atom stereocenters. The molecule has 0 aliphatic carbocycles. The van der Waals surface area contributed by atoms with Crippen LogP contribution in [-0.2, 0) is 20.0 Å². The van der Waals surface area contributed by atoms with E-state index in [1.54, 1.807) is 12.1 Å². The lowest BCUT2D eigenvalue weighted by Gasteiger charge is -2.32. The third-order valence-electron chi connectivity index (χ3n) is 8.09. The zero-order valence-corrected chi connectivity index (χ0v) is 25.4. The van der Waals surface area contributed by atoms with Gasteiger partial charge in [0.15, 0.2) is 11.6 Å². The fourth-order valence-corrected chi connectivity index (χ4v) is 5.60. The van der Waals surface area contributed by atoms with Crippen LogP contribution in [0.5, 0.6) is 11.6 Å². The highest BCUT2D eigenvalue weighted by atomic mass is 35.5. The number of anilines is 1. The molecule has 6 rings (SSSR count). The Bertz CT molecular complexity index is 1790. The summed E-state index contributed by atoms with van der Waals surface area (Å²) in [5.41, 5.74) is 12.6. The Morgan fingerprint density at radius 2 is 1.70 bits per heavy atom. The minimum atomic E-state index is 0.00537. The van der Waals surface area contributed by atoms with Gasteiger partial charge in [0.1, 0.15) is 11.3 Å². The monoisotopic (exact) mass is 594 g/mol. The van der Waals surface area contributed by atoms with E-state index in [1.165, 1.54) is 5.56 Å². The number of piperazine rings is 1. The third kappa shape index (κ3) is 6.41. The Morgan fingerprint density at radius 3 is 2.44 bits per heavy atom. The fourth-order valence-electron chi connectivity index (χ4n) is 5.42. The smallest absolute Gasteiger partial charge is 0.247 e. The maximum atomic E-state index is 13.4. The molecule has 9 heteroatoms. The first-order valence-corrected chi connectivity index (χ1v) is 14.8. The van der Waals surface area contributed by atoms with Crippen molar-refractivity contribution in [2.24, 2.45) is 7.05 Å². The first-order valence-electron chi connectivity index (χ1n) is 14.4. The Hall–Kier alpha value is -4.24. The minimum Gasteiger partial charge on any atom is -0.437 e. The van der Waals surface area contributed by atoms with Gasteiger partial charge in [-0.15, -0.1) is 0 Å². The van der Waals surface area contributed by atoms with E-state index < -0.39 is 0 Å². The average molecular weight is 595 g/mol. The van der Waals surface area contributed by atoms with Crippen LogP contribution in [0.25, 0.3) is 22.4 Å². The van der Waals surface area contributed by atoms with E-state index in [1.807, 2.05) is 66.3 Å². The van der Waals surface area contributed by atoms with E-state index in [0.29, 0.717) is 39.3 Å². The quantitative estimate of drug-likeness (QED) is 0.170. The molecule has 1 aliphatic rings. The molecule has 3 aromatic carbocycles. The van der Waals surface area contributed by atoms with Crippen molar-refractivity contribution in [3.8, 4) is 23.0 Å². The fraction of sp³-hybridized carbons (Fsp3) is 0.265. The van der Waals surface area contributed by atoms with Crippen molar-refractivity contribution in [1.82, 2.24) is 24.3 Å². The van der Waals surface area contributed by atoms with Crippen molar-refractivity contribution < 1.29 is 9.53 Å². The summed E-state index contributed by atoms with van der Waals surface area (Å²) in [7, 11) is 4.08. The average Bonchev–Trinajstić information content (AvgIpc) is 3.38. The number of likely N-dealkylation sites (N-methyl/N-ethyl adjacent to an activating group) is 1. The SMILES string of the molecule is Cc1cc(C(=O)Cc2cc(Oc3nc(-c4ccc(N)cc4)nc4ccn(C)c34)ccc2Cl)ccc1CN1CCN(C)CC1. The molecule has 0 radical (unpaired) electrons.